The Morgan fingerprint density at radius 1 is 1.19 bits per heavy atom. The van der Waals surface area contributed by atoms with Crippen LogP contribution in [0.4, 0.5) is 11.4 Å². The molecule has 2 heterocycles. The lowest BCUT2D eigenvalue weighted by atomic mass is 10.1. The zero-order valence-electron chi connectivity index (χ0n) is 14.4. The van der Waals surface area contributed by atoms with E-state index in [0.717, 1.165) is 18.5 Å². The maximum absolute atomic E-state index is 11.9. The molecule has 3 aromatic rings. The number of aromatic nitrogens is 3. The molecule has 0 saturated carbocycles. The van der Waals surface area contributed by atoms with Crippen LogP contribution in [0.25, 0.3) is 0 Å². The summed E-state index contributed by atoms with van der Waals surface area (Å²) in [5, 5.41) is 6.42. The van der Waals surface area contributed by atoms with E-state index >= 15 is 0 Å². The second-order valence-corrected chi connectivity index (χ2v) is 6.11. The zero-order chi connectivity index (χ0) is 18.4. The molecule has 2 aromatic heterocycles. The molecule has 0 bridgehead atoms. The van der Waals surface area contributed by atoms with Gasteiger partial charge >= 0.3 is 0 Å². The first-order valence-electron chi connectivity index (χ1n) is 8.25. The highest BCUT2D eigenvalue weighted by atomic mass is 35.5. The van der Waals surface area contributed by atoms with Gasteiger partial charge in [0.2, 0.25) is 0 Å². The third-order valence-corrected chi connectivity index (χ3v) is 4.28. The second-order valence-electron chi connectivity index (χ2n) is 5.73. The van der Waals surface area contributed by atoms with Crippen LogP contribution in [0.2, 0.25) is 5.02 Å². The largest absolute Gasteiger partial charge is 0.475 e. The summed E-state index contributed by atoms with van der Waals surface area (Å²) in [6, 6.07) is 13.9. The van der Waals surface area contributed by atoms with Crippen LogP contribution in [0.5, 0.6) is 5.88 Å². The molecule has 0 radical (unpaired) electrons. The van der Waals surface area contributed by atoms with Crippen LogP contribution >= 0.6 is 11.6 Å². The number of H-pyrrole nitrogens is 1. The minimum Gasteiger partial charge on any atom is -0.475 e. The maximum atomic E-state index is 11.9. The van der Waals surface area contributed by atoms with Gasteiger partial charge in [-0.15, -0.1) is 5.10 Å². The first kappa shape index (κ1) is 17.9. The standard InChI is InChI=1S/C19H19ClN4O2/c1-24(15-10-5-11-21-13-15)17-16(20)18(25)22-23-19(17)26-12-6-9-14-7-3-2-4-8-14/h2-5,7-8,10-11,13H,6,9,12H2,1H3,(H,22,25). The van der Waals surface area contributed by atoms with Crippen LogP contribution in [-0.4, -0.2) is 28.8 Å². The summed E-state index contributed by atoms with van der Waals surface area (Å²) in [6.07, 6.45) is 5.07. The minimum atomic E-state index is -0.464. The third-order valence-electron chi connectivity index (χ3n) is 3.93. The van der Waals surface area contributed by atoms with Gasteiger partial charge < -0.3 is 9.64 Å². The first-order valence-corrected chi connectivity index (χ1v) is 8.63. The Balaban J connectivity index is 1.75. The number of ether oxygens (including phenoxy) is 1. The lowest BCUT2D eigenvalue weighted by Crippen LogP contribution is -2.19. The quantitative estimate of drug-likeness (QED) is 0.643. The number of hydrogen-bond donors (Lipinski definition) is 1. The number of aromatic amines is 1. The van der Waals surface area contributed by atoms with E-state index in [2.05, 4.69) is 27.3 Å². The van der Waals surface area contributed by atoms with Crippen LogP contribution in [0, 0.1) is 0 Å². The highest BCUT2D eigenvalue weighted by molar-refractivity contribution is 6.33. The molecule has 0 atom stereocenters. The van der Waals surface area contributed by atoms with Crippen molar-refractivity contribution in [3.05, 3.63) is 75.8 Å². The maximum Gasteiger partial charge on any atom is 0.285 e. The Labute approximate surface area is 156 Å². The lowest BCUT2D eigenvalue weighted by molar-refractivity contribution is 0.296. The summed E-state index contributed by atoms with van der Waals surface area (Å²) in [6.45, 7) is 0.456. The third kappa shape index (κ3) is 4.21. The number of nitrogens with one attached hydrogen (secondary N) is 1. The van der Waals surface area contributed by atoms with E-state index in [1.54, 1.807) is 30.4 Å². The van der Waals surface area contributed by atoms with Crippen molar-refractivity contribution < 1.29 is 4.74 Å². The first-order chi connectivity index (χ1) is 12.7. The molecule has 6 nitrogen and oxygen atoms in total. The number of nitrogens with zero attached hydrogens (tertiary/aromatic N) is 3. The fourth-order valence-corrected chi connectivity index (χ4v) is 2.82. The molecule has 0 unspecified atom stereocenters. The van der Waals surface area contributed by atoms with Gasteiger partial charge in [0, 0.05) is 13.2 Å². The van der Waals surface area contributed by atoms with Crippen molar-refractivity contribution >= 4 is 23.0 Å². The summed E-state index contributed by atoms with van der Waals surface area (Å²) >= 11 is 6.23. The molecule has 0 aliphatic rings. The van der Waals surface area contributed by atoms with E-state index in [4.69, 9.17) is 16.3 Å². The molecule has 0 fully saturated rings. The van der Waals surface area contributed by atoms with Gasteiger partial charge in [-0.25, -0.2) is 5.10 Å². The molecule has 0 amide bonds. The van der Waals surface area contributed by atoms with E-state index in [1.165, 1.54) is 5.56 Å². The Kier molecular flexibility index (Phi) is 5.86. The molecule has 1 N–H and O–H groups in total. The molecular weight excluding hydrogens is 352 g/mol. The molecule has 0 saturated heterocycles. The molecule has 1 aromatic carbocycles. The van der Waals surface area contributed by atoms with Crippen LogP contribution in [0.1, 0.15) is 12.0 Å². The topological polar surface area (TPSA) is 71.1 Å². The highest BCUT2D eigenvalue weighted by Gasteiger charge is 2.19. The van der Waals surface area contributed by atoms with Crippen LogP contribution in [0.3, 0.4) is 0 Å². The summed E-state index contributed by atoms with van der Waals surface area (Å²) < 4.78 is 5.81. The summed E-state index contributed by atoms with van der Waals surface area (Å²) in [5.41, 5.74) is 1.98. The minimum absolute atomic E-state index is 0.0319. The zero-order valence-corrected chi connectivity index (χ0v) is 15.1. The van der Waals surface area contributed by atoms with Gasteiger partial charge in [-0.3, -0.25) is 9.78 Å². The molecule has 134 valence electrons. The molecule has 3 rings (SSSR count). The molecule has 7 heteroatoms. The Morgan fingerprint density at radius 3 is 2.73 bits per heavy atom. The number of pyridine rings is 1. The van der Waals surface area contributed by atoms with Crippen LogP contribution < -0.4 is 15.2 Å². The Bertz CT molecular complexity index is 900. The van der Waals surface area contributed by atoms with Crippen molar-refractivity contribution in [2.45, 2.75) is 12.8 Å². The van der Waals surface area contributed by atoms with Crippen molar-refractivity contribution in [1.82, 2.24) is 15.2 Å². The van der Waals surface area contributed by atoms with Gasteiger partial charge in [-0.1, -0.05) is 41.9 Å². The van der Waals surface area contributed by atoms with E-state index in [-0.39, 0.29) is 10.9 Å². The summed E-state index contributed by atoms with van der Waals surface area (Å²) in [4.78, 5) is 17.7. The normalized spacial score (nSPS) is 10.5. The number of aryl methyl sites for hydroxylation is 1. The second kappa shape index (κ2) is 8.49. The summed E-state index contributed by atoms with van der Waals surface area (Å²) in [5.74, 6) is 0.286. The van der Waals surface area contributed by atoms with Gasteiger partial charge in [0.05, 0.1) is 18.5 Å². The monoisotopic (exact) mass is 370 g/mol. The fourth-order valence-electron chi connectivity index (χ4n) is 2.57. The smallest absolute Gasteiger partial charge is 0.285 e. The molecular formula is C19H19ClN4O2. The Morgan fingerprint density at radius 2 is 2.00 bits per heavy atom. The average Bonchev–Trinajstić information content (AvgIpc) is 2.69. The highest BCUT2D eigenvalue weighted by Crippen LogP contribution is 2.34. The lowest BCUT2D eigenvalue weighted by Gasteiger charge is -2.21. The van der Waals surface area contributed by atoms with E-state index in [0.29, 0.717) is 12.3 Å². The van der Waals surface area contributed by atoms with Gasteiger partial charge in [-0.05, 0) is 30.5 Å². The SMILES string of the molecule is CN(c1cccnc1)c1c(OCCCc2ccccc2)n[nH]c(=O)c1Cl. The van der Waals surface area contributed by atoms with E-state index in [1.807, 2.05) is 24.3 Å². The average molecular weight is 371 g/mol. The fraction of sp³-hybridized carbons (Fsp3) is 0.211. The van der Waals surface area contributed by atoms with Crippen molar-refractivity contribution in [3.63, 3.8) is 0 Å². The van der Waals surface area contributed by atoms with E-state index < -0.39 is 5.56 Å². The number of halogens is 1. The molecule has 0 aliphatic carbocycles. The molecule has 0 spiro atoms. The number of benzene rings is 1. The van der Waals surface area contributed by atoms with Crippen LogP contribution in [0.15, 0.2) is 59.7 Å². The van der Waals surface area contributed by atoms with Gasteiger partial charge in [-0.2, -0.15) is 0 Å². The van der Waals surface area contributed by atoms with Crippen molar-refractivity contribution in [2.24, 2.45) is 0 Å². The van der Waals surface area contributed by atoms with Gasteiger partial charge in [0.15, 0.2) is 0 Å². The van der Waals surface area contributed by atoms with E-state index in [9.17, 15) is 4.79 Å². The molecule has 26 heavy (non-hydrogen) atoms. The number of hydrogen-bond acceptors (Lipinski definition) is 5. The van der Waals surface area contributed by atoms with Crippen molar-refractivity contribution in [1.29, 1.82) is 0 Å². The summed E-state index contributed by atoms with van der Waals surface area (Å²) in [7, 11) is 1.79. The van der Waals surface area contributed by atoms with Gasteiger partial charge in [0.1, 0.15) is 10.7 Å². The van der Waals surface area contributed by atoms with Gasteiger partial charge in [0.25, 0.3) is 11.4 Å². The predicted octanol–water partition coefficient (Wildman–Crippen LogP) is 3.60. The molecule has 0 aliphatic heterocycles. The number of rotatable bonds is 7. The number of anilines is 2. The van der Waals surface area contributed by atoms with Crippen molar-refractivity contribution in [2.75, 3.05) is 18.6 Å². The predicted molar refractivity (Wildman–Crippen MR) is 102 cm³/mol. The van der Waals surface area contributed by atoms with Crippen LogP contribution in [-0.2, 0) is 6.42 Å². The van der Waals surface area contributed by atoms with Crippen molar-refractivity contribution in [3.8, 4) is 5.88 Å². The Hall–Kier alpha value is -2.86.